The molecule has 0 radical (unpaired) electrons. The average molecular weight is 276 g/mol. The molecule has 0 spiro atoms. The highest BCUT2D eigenvalue weighted by Gasteiger charge is 2.17. The van der Waals surface area contributed by atoms with E-state index in [1.54, 1.807) is 12.4 Å². The van der Waals surface area contributed by atoms with Crippen LogP contribution in [-0.2, 0) is 0 Å². The van der Waals surface area contributed by atoms with Crippen molar-refractivity contribution in [2.45, 2.75) is 0 Å². The number of nitrogens with two attached hydrogens (primary N) is 1. The third-order valence-electron chi connectivity index (χ3n) is 3.44. The Morgan fingerprint density at radius 2 is 2.05 bits per heavy atom. The maximum Gasteiger partial charge on any atom is 0.153 e. The quantitative estimate of drug-likeness (QED) is 0.588. The zero-order valence-corrected chi connectivity index (χ0v) is 11.1. The second-order valence-corrected chi connectivity index (χ2v) is 4.69. The topological polar surface area (TPSA) is 84.9 Å². The van der Waals surface area contributed by atoms with E-state index in [1.807, 2.05) is 47.2 Å². The second-order valence-electron chi connectivity index (χ2n) is 4.69. The number of pyridine rings is 2. The van der Waals surface area contributed by atoms with Gasteiger partial charge in [0.25, 0.3) is 0 Å². The molecule has 0 aliphatic heterocycles. The molecule has 0 amide bonds. The predicted octanol–water partition coefficient (Wildman–Crippen LogP) is 2.37. The number of nitrogens with one attached hydrogen (secondary N) is 1. The monoisotopic (exact) mass is 276 g/mol. The molecular formula is C15H12N6. The number of hydrogen-bond acceptors (Lipinski definition) is 4. The molecule has 0 saturated carbocycles. The first-order valence-electron chi connectivity index (χ1n) is 6.51. The van der Waals surface area contributed by atoms with Crippen LogP contribution in [0.1, 0.15) is 0 Å². The first-order valence-corrected chi connectivity index (χ1v) is 6.51. The van der Waals surface area contributed by atoms with Crippen molar-refractivity contribution in [3.8, 4) is 22.4 Å². The maximum absolute atomic E-state index is 6.03. The number of nitrogens with zero attached hydrogens (tertiary/aromatic N) is 4. The molecule has 4 rings (SSSR count). The molecule has 0 bridgehead atoms. The molecule has 102 valence electrons. The Balaban J connectivity index is 1.98. The minimum absolute atomic E-state index is 0.452. The highest BCUT2D eigenvalue weighted by molar-refractivity contribution is 5.92. The fraction of sp³-hybridized carbons (Fsp3) is 0. The van der Waals surface area contributed by atoms with Gasteiger partial charge in [-0.2, -0.15) is 10.2 Å². The SMILES string of the molecule is Nc1n[nH]c(-c2cnn3ccccc23)c1-c1cccnc1. The number of H-pyrrole nitrogens is 1. The summed E-state index contributed by atoms with van der Waals surface area (Å²) in [4.78, 5) is 4.15. The van der Waals surface area contributed by atoms with Crippen LogP contribution >= 0.6 is 0 Å². The number of aromatic amines is 1. The van der Waals surface area contributed by atoms with Crippen molar-refractivity contribution in [1.29, 1.82) is 0 Å². The molecule has 0 aliphatic carbocycles. The van der Waals surface area contributed by atoms with Crippen molar-refractivity contribution in [3.63, 3.8) is 0 Å². The molecule has 21 heavy (non-hydrogen) atoms. The molecule has 3 N–H and O–H groups in total. The normalized spacial score (nSPS) is 11.0. The Kier molecular flexibility index (Phi) is 2.47. The summed E-state index contributed by atoms with van der Waals surface area (Å²) < 4.78 is 1.82. The van der Waals surface area contributed by atoms with E-state index in [4.69, 9.17) is 5.73 Å². The Morgan fingerprint density at radius 1 is 1.10 bits per heavy atom. The minimum Gasteiger partial charge on any atom is -0.382 e. The van der Waals surface area contributed by atoms with Gasteiger partial charge in [-0.25, -0.2) is 4.52 Å². The summed E-state index contributed by atoms with van der Waals surface area (Å²) in [5.74, 6) is 0.452. The summed E-state index contributed by atoms with van der Waals surface area (Å²) >= 11 is 0. The lowest BCUT2D eigenvalue weighted by Crippen LogP contribution is -1.89. The molecule has 0 unspecified atom stereocenters. The molecule has 4 aromatic rings. The Bertz CT molecular complexity index is 906. The Labute approximate surface area is 120 Å². The Hall–Kier alpha value is -3.15. The molecule has 0 aliphatic rings. The van der Waals surface area contributed by atoms with Gasteiger partial charge in [0.05, 0.1) is 23.0 Å². The number of aromatic nitrogens is 5. The van der Waals surface area contributed by atoms with Crippen LogP contribution in [0.5, 0.6) is 0 Å². The standard InChI is InChI=1S/C15H12N6/c16-15-13(10-4-3-6-17-8-10)14(19-20-15)11-9-18-21-7-2-1-5-12(11)21/h1-9H,(H3,16,19,20). The number of nitrogen functional groups attached to an aromatic ring is 1. The smallest absolute Gasteiger partial charge is 0.153 e. The second kappa shape index (κ2) is 4.45. The van der Waals surface area contributed by atoms with E-state index in [-0.39, 0.29) is 0 Å². The number of fused-ring (bicyclic) bond motifs is 1. The van der Waals surface area contributed by atoms with Crippen LogP contribution in [0.15, 0.2) is 55.1 Å². The van der Waals surface area contributed by atoms with E-state index in [9.17, 15) is 0 Å². The minimum atomic E-state index is 0.452. The first kappa shape index (κ1) is 11.7. The van der Waals surface area contributed by atoms with Gasteiger partial charge in [-0.3, -0.25) is 10.1 Å². The number of anilines is 1. The van der Waals surface area contributed by atoms with Crippen LogP contribution in [0.25, 0.3) is 27.9 Å². The summed E-state index contributed by atoms with van der Waals surface area (Å²) in [6.45, 7) is 0. The molecular weight excluding hydrogens is 264 g/mol. The van der Waals surface area contributed by atoms with E-state index < -0.39 is 0 Å². The summed E-state index contributed by atoms with van der Waals surface area (Å²) in [5.41, 5.74) is 10.6. The highest BCUT2D eigenvalue weighted by atomic mass is 15.2. The first-order chi connectivity index (χ1) is 10.3. The van der Waals surface area contributed by atoms with Crippen LogP contribution in [0.4, 0.5) is 5.82 Å². The van der Waals surface area contributed by atoms with Crippen LogP contribution in [0.2, 0.25) is 0 Å². The summed E-state index contributed by atoms with van der Waals surface area (Å²) in [5, 5.41) is 11.5. The molecule has 0 saturated heterocycles. The van der Waals surface area contributed by atoms with E-state index in [0.29, 0.717) is 5.82 Å². The summed E-state index contributed by atoms with van der Waals surface area (Å²) in [6, 6.07) is 9.76. The summed E-state index contributed by atoms with van der Waals surface area (Å²) in [6.07, 6.45) is 7.22. The van der Waals surface area contributed by atoms with E-state index in [2.05, 4.69) is 20.3 Å². The predicted molar refractivity (Wildman–Crippen MR) is 80.4 cm³/mol. The number of rotatable bonds is 2. The zero-order chi connectivity index (χ0) is 14.2. The third-order valence-corrected chi connectivity index (χ3v) is 3.44. The summed E-state index contributed by atoms with van der Waals surface area (Å²) in [7, 11) is 0. The molecule has 4 heterocycles. The van der Waals surface area contributed by atoms with Crippen molar-refractivity contribution in [3.05, 3.63) is 55.1 Å². The van der Waals surface area contributed by atoms with Crippen molar-refractivity contribution in [2.75, 3.05) is 5.73 Å². The fourth-order valence-electron chi connectivity index (χ4n) is 2.48. The van der Waals surface area contributed by atoms with E-state index in [1.165, 1.54) is 0 Å². The van der Waals surface area contributed by atoms with Crippen LogP contribution in [0, 0.1) is 0 Å². The van der Waals surface area contributed by atoms with Crippen molar-refractivity contribution >= 4 is 11.3 Å². The van der Waals surface area contributed by atoms with Gasteiger partial charge in [0.15, 0.2) is 5.82 Å². The van der Waals surface area contributed by atoms with Crippen LogP contribution in [0.3, 0.4) is 0 Å². The molecule has 6 nitrogen and oxygen atoms in total. The molecule has 0 aromatic carbocycles. The van der Waals surface area contributed by atoms with Gasteiger partial charge in [-0.05, 0) is 18.2 Å². The van der Waals surface area contributed by atoms with Crippen molar-refractivity contribution in [2.24, 2.45) is 0 Å². The molecule has 0 atom stereocenters. The van der Waals surface area contributed by atoms with Crippen LogP contribution in [-0.4, -0.2) is 24.8 Å². The third kappa shape index (κ3) is 1.77. The lowest BCUT2D eigenvalue weighted by molar-refractivity contribution is 0.961. The van der Waals surface area contributed by atoms with E-state index >= 15 is 0 Å². The Morgan fingerprint density at radius 3 is 2.90 bits per heavy atom. The van der Waals surface area contributed by atoms with Crippen molar-refractivity contribution in [1.82, 2.24) is 24.8 Å². The largest absolute Gasteiger partial charge is 0.382 e. The van der Waals surface area contributed by atoms with Gasteiger partial charge in [0.2, 0.25) is 0 Å². The van der Waals surface area contributed by atoms with Gasteiger partial charge in [0, 0.05) is 29.7 Å². The van der Waals surface area contributed by atoms with E-state index in [0.717, 1.165) is 27.9 Å². The zero-order valence-electron chi connectivity index (χ0n) is 11.1. The average Bonchev–Trinajstić information content (AvgIpc) is 3.11. The maximum atomic E-state index is 6.03. The molecule has 0 fully saturated rings. The number of hydrogen-bond donors (Lipinski definition) is 2. The van der Waals surface area contributed by atoms with Gasteiger partial charge >= 0.3 is 0 Å². The van der Waals surface area contributed by atoms with Gasteiger partial charge in [0.1, 0.15) is 0 Å². The van der Waals surface area contributed by atoms with Crippen LogP contribution < -0.4 is 5.73 Å². The highest BCUT2D eigenvalue weighted by Crippen LogP contribution is 2.35. The van der Waals surface area contributed by atoms with Gasteiger partial charge < -0.3 is 5.73 Å². The van der Waals surface area contributed by atoms with Gasteiger partial charge in [-0.1, -0.05) is 12.1 Å². The van der Waals surface area contributed by atoms with Gasteiger partial charge in [-0.15, -0.1) is 0 Å². The molecule has 6 heteroatoms. The molecule has 4 aromatic heterocycles. The fourth-order valence-corrected chi connectivity index (χ4v) is 2.48. The lowest BCUT2D eigenvalue weighted by Gasteiger charge is -2.03. The van der Waals surface area contributed by atoms with Crippen molar-refractivity contribution < 1.29 is 0 Å². The lowest BCUT2D eigenvalue weighted by atomic mass is 10.0.